The first-order chi connectivity index (χ1) is 22.2. The van der Waals surface area contributed by atoms with Crippen LogP contribution in [0.2, 0.25) is 0 Å². The fraction of sp³-hybridized carbons (Fsp3) is 0.417. The Morgan fingerprint density at radius 3 is 2.59 bits per heavy atom. The standard InChI is InChI=1S/C36H42FN7O2/c1-5-28-29(18-26(37)19-32(28)44-15-14-43-31-9-7-6-8-24(31)17-33(43)36(44)46)25-16-30(35(45)41(4)22-25)39-34-11-10-27(20-38-34)42-13-12-40(3)23(2)21-42/h10-11,16-20,22-23H,5-9,12-15,21H2,1-4H3,(H,38,39)/t23-/m0/s1. The van der Waals surface area contributed by atoms with Crippen molar-refractivity contribution < 1.29 is 9.18 Å². The number of aromatic nitrogens is 3. The Labute approximate surface area is 269 Å². The summed E-state index contributed by atoms with van der Waals surface area (Å²) in [6.45, 7) is 8.28. The molecule has 1 aliphatic carbocycles. The van der Waals surface area contributed by atoms with Gasteiger partial charge < -0.3 is 29.2 Å². The molecule has 0 saturated carbocycles. The summed E-state index contributed by atoms with van der Waals surface area (Å²) in [5, 5.41) is 3.21. The van der Waals surface area contributed by atoms with E-state index in [4.69, 9.17) is 0 Å². The number of fused-ring (bicyclic) bond motifs is 3. The van der Waals surface area contributed by atoms with E-state index in [2.05, 4.69) is 38.6 Å². The fourth-order valence-corrected chi connectivity index (χ4v) is 7.38. The molecule has 3 aromatic heterocycles. The van der Waals surface area contributed by atoms with Crippen LogP contribution in [0.1, 0.15) is 54.0 Å². The molecule has 9 nitrogen and oxygen atoms in total. The molecule has 0 spiro atoms. The van der Waals surface area contributed by atoms with Crippen LogP contribution in [-0.2, 0) is 32.9 Å². The highest BCUT2D eigenvalue weighted by atomic mass is 19.1. The van der Waals surface area contributed by atoms with E-state index >= 15 is 4.39 Å². The van der Waals surface area contributed by atoms with Gasteiger partial charge in [0.15, 0.2) is 0 Å². The van der Waals surface area contributed by atoms with Gasteiger partial charge in [-0.25, -0.2) is 9.37 Å². The Morgan fingerprint density at radius 2 is 1.83 bits per heavy atom. The highest BCUT2D eigenvalue weighted by Crippen LogP contribution is 2.37. The minimum Gasteiger partial charge on any atom is -0.367 e. The zero-order valence-electron chi connectivity index (χ0n) is 27.1. The van der Waals surface area contributed by atoms with Gasteiger partial charge in [0, 0.05) is 63.3 Å². The maximum atomic E-state index is 15.4. The van der Waals surface area contributed by atoms with E-state index in [1.54, 1.807) is 24.2 Å². The molecule has 240 valence electrons. The first-order valence-corrected chi connectivity index (χ1v) is 16.5. The van der Waals surface area contributed by atoms with Crippen LogP contribution in [0.3, 0.4) is 0 Å². The van der Waals surface area contributed by atoms with E-state index in [1.165, 1.54) is 28.0 Å². The van der Waals surface area contributed by atoms with Crippen LogP contribution < -0.4 is 20.7 Å². The Bertz CT molecular complexity index is 1860. The van der Waals surface area contributed by atoms with Gasteiger partial charge in [0.1, 0.15) is 23.0 Å². The lowest BCUT2D eigenvalue weighted by atomic mass is 9.95. The highest BCUT2D eigenvalue weighted by molar-refractivity contribution is 6.07. The van der Waals surface area contributed by atoms with Crippen molar-refractivity contribution >= 4 is 28.8 Å². The molecule has 2 aliphatic heterocycles. The summed E-state index contributed by atoms with van der Waals surface area (Å²) in [5.74, 6) is 0.0461. The van der Waals surface area contributed by atoms with Gasteiger partial charge >= 0.3 is 0 Å². The normalized spacial score (nSPS) is 18.5. The van der Waals surface area contributed by atoms with E-state index in [1.807, 2.05) is 31.3 Å². The van der Waals surface area contributed by atoms with Crippen LogP contribution in [0.5, 0.6) is 0 Å². The number of nitrogens with one attached hydrogen (secondary N) is 1. The smallest absolute Gasteiger partial charge is 0.274 e. The predicted octanol–water partition coefficient (Wildman–Crippen LogP) is 5.37. The Hall–Kier alpha value is -4.44. The SMILES string of the molecule is CCc1c(-c2cc(Nc3ccc(N4CCN(C)[C@@H](C)C4)cn3)c(=O)n(C)c2)cc(F)cc1N1CCn2c(cc3c2CCCC3)C1=O. The number of anilines is 4. The van der Waals surface area contributed by atoms with E-state index in [0.717, 1.165) is 56.6 Å². The molecule has 0 bridgehead atoms. The monoisotopic (exact) mass is 623 g/mol. The number of aryl methyl sites for hydroxylation is 2. The number of amides is 1. The quantitative estimate of drug-likeness (QED) is 0.311. The number of carbonyl (C=O) groups is 1. The maximum Gasteiger partial charge on any atom is 0.274 e. The fourth-order valence-electron chi connectivity index (χ4n) is 7.38. The van der Waals surface area contributed by atoms with E-state index < -0.39 is 5.82 Å². The van der Waals surface area contributed by atoms with Crippen LogP contribution in [-0.4, -0.2) is 64.2 Å². The second kappa shape index (κ2) is 12.1. The first-order valence-electron chi connectivity index (χ1n) is 16.5. The van der Waals surface area contributed by atoms with Gasteiger partial charge in [0.05, 0.1) is 17.6 Å². The molecule has 1 fully saturated rings. The summed E-state index contributed by atoms with van der Waals surface area (Å²) in [6.07, 6.45) is 8.46. The van der Waals surface area contributed by atoms with Crippen LogP contribution in [0.15, 0.2) is 53.6 Å². The third-order valence-electron chi connectivity index (χ3n) is 10.1. The van der Waals surface area contributed by atoms with Gasteiger partial charge in [-0.1, -0.05) is 6.92 Å². The lowest BCUT2D eigenvalue weighted by Gasteiger charge is -2.38. The molecule has 4 aromatic rings. The Balaban J connectivity index is 1.20. The number of rotatable bonds is 6. The van der Waals surface area contributed by atoms with E-state index in [-0.39, 0.29) is 11.5 Å². The number of pyridine rings is 2. The Morgan fingerprint density at radius 1 is 1.00 bits per heavy atom. The van der Waals surface area contributed by atoms with Gasteiger partial charge in [-0.2, -0.15) is 0 Å². The summed E-state index contributed by atoms with van der Waals surface area (Å²) in [5.41, 5.74) is 7.24. The number of carbonyl (C=O) groups excluding carboxylic acids is 1. The van der Waals surface area contributed by atoms with Crippen molar-refractivity contribution in [1.82, 2.24) is 19.0 Å². The summed E-state index contributed by atoms with van der Waals surface area (Å²) in [7, 11) is 3.84. The summed E-state index contributed by atoms with van der Waals surface area (Å²) < 4.78 is 19.1. The second-order valence-corrected chi connectivity index (χ2v) is 13.0. The van der Waals surface area contributed by atoms with Gasteiger partial charge in [0.25, 0.3) is 11.5 Å². The molecule has 1 atom stereocenters. The average Bonchev–Trinajstić information content (AvgIpc) is 3.44. The summed E-state index contributed by atoms with van der Waals surface area (Å²) in [4.78, 5) is 38.2. The lowest BCUT2D eigenvalue weighted by molar-refractivity contribution is 0.0964. The molecule has 46 heavy (non-hydrogen) atoms. The van der Waals surface area contributed by atoms with Crippen molar-refractivity contribution in [2.45, 2.75) is 58.5 Å². The Kier molecular flexibility index (Phi) is 7.92. The van der Waals surface area contributed by atoms with Gasteiger partial charge in [-0.3, -0.25) is 9.59 Å². The average molecular weight is 624 g/mol. The van der Waals surface area contributed by atoms with E-state index in [0.29, 0.717) is 59.6 Å². The van der Waals surface area contributed by atoms with Crippen molar-refractivity contribution in [2.75, 3.05) is 48.3 Å². The van der Waals surface area contributed by atoms with Crippen molar-refractivity contribution in [3.05, 3.63) is 87.5 Å². The molecule has 3 aliphatic rings. The molecule has 1 N–H and O–H groups in total. The maximum absolute atomic E-state index is 15.4. The minimum atomic E-state index is -0.422. The number of hydrogen-bond acceptors (Lipinski definition) is 6. The molecule has 7 rings (SSSR count). The molecule has 0 radical (unpaired) electrons. The van der Waals surface area contributed by atoms with Crippen LogP contribution in [0, 0.1) is 5.82 Å². The number of nitrogens with zero attached hydrogens (tertiary/aromatic N) is 6. The van der Waals surface area contributed by atoms with Gasteiger partial charge in [-0.15, -0.1) is 0 Å². The molecule has 5 heterocycles. The zero-order valence-corrected chi connectivity index (χ0v) is 27.1. The van der Waals surface area contributed by atoms with Crippen LogP contribution in [0.4, 0.5) is 27.3 Å². The topological polar surface area (TPSA) is 78.6 Å². The predicted molar refractivity (Wildman–Crippen MR) is 181 cm³/mol. The number of piperazine rings is 1. The third kappa shape index (κ3) is 5.38. The lowest BCUT2D eigenvalue weighted by Crippen LogP contribution is -2.50. The van der Waals surface area contributed by atoms with Crippen molar-refractivity contribution in [2.24, 2.45) is 7.05 Å². The molecule has 1 aromatic carbocycles. The summed E-state index contributed by atoms with van der Waals surface area (Å²) >= 11 is 0. The van der Waals surface area contributed by atoms with Crippen LogP contribution in [0.25, 0.3) is 11.1 Å². The molecule has 10 heteroatoms. The van der Waals surface area contributed by atoms with Crippen LogP contribution >= 0.6 is 0 Å². The minimum absolute atomic E-state index is 0.0877. The largest absolute Gasteiger partial charge is 0.367 e. The summed E-state index contributed by atoms with van der Waals surface area (Å²) in [6, 6.07) is 11.2. The first kappa shape index (κ1) is 30.2. The third-order valence-corrected chi connectivity index (χ3v) is 10.1. The molecule has 1 saturated heterocycles. The van der Waals surface area contributed by atoms with Gasteiger partial charge in [-0.05, 0) is 99.2 Å². The number of likely N-dealkylation sites (N-methyl/N-ethyl adjacent to an activating group) is 1. The molecular weight excluding hydrogens is 581 g/mol. The molecular formula is C36H42FN7O2. The zero-order chi connectivity index (χ0) is 32.1. The number of benzene rings is 1. The van der Waals surface area contributed by atoms with Gasteiger partial charge in [0.2, 0.25) is 0 Å². The van der Waals surface area contributed by atoms with Crippen molar-refractivity contribution in [1.29, 1.82) is 0 Å². The molecule has 1 amide bonds. The van der Waals surface area contributed by atoms with E-state index in [9.17, 15) is 9.59 Å². The number of hydrogen-bond donors (Lipinski definition) is 1. The van der Waals surface area contributed by atoms with Crippen molar-refractivity contribution in [3.63, 3.8) is 0 Å². The molecule has 0 unspecified atom stereocenters. The van der Waals surface area contributed by atoms with Crippen molar-refractivity contribution in [3.8, 4) is 11.1 Å². The highest BCUT2D eigenvalue weighted by Gasteiger charge is 2.32. The second-order valence-electron chi connectivity index (χ2n) is 13.0. The number of halogens is 1.